The van der Waals surface area contributed by atoms with Crippen molar-refractivity contribution in [2.75, 3.05) is 0 Å². The molecule has 0 saturated heterocycles. The summed E-state index contributed by atoms with van der Waals surface area (Å²) in [6, 6.07) is 114. The van der Waals surface area contributed by atoms with Gasteiger partial charge in [-0.25, -0.2) is 4.98 Å². The maximum atomic E-state index is 13.0. The van der Waals surface area contributed by atoms with Gasteiger partial charge in [0.05, 0.1) is 66.8 Å². The molecule has 0 spiro atoms. The van der Waals surface area contributed by atoms with Gasteiger partial charge in [0.2, 0.25) is 0 Å². The van der Waals surface area contributed by atoms with Crippen molar-refractivity contribution in [1.82, 2.24) is 23.3 Å². The Morgan fingerprint density at radius 1 is 0.255 bits per heavy atom. The molecule has 0 atom stereocenters. The van der Waals surface area contributed by atoms with E-state index >= 15 is 0 Å². The Labute approximate surface area is 591 Å². The molecule has 0 aliphatic heterocycles. The number of aromatic nitrogens is 5. The second kappa shape index (κ2) is 23.6. The van der Waals surface area contributed by atoms with Crippen molar-refractivity contribution in [1.29, 1.82) is 5.26 Å². The van der Waals surface area contributed by atoms with Crippen LogP contribution in [0, 0.1) is 52.9 Å². The molecular formula is C96H68N6. The van der Waals surface area contributed by atoms with Crippen LogP contribution in [0.1, 0.15) is 38.9 Å². The quantitative estimate of drug-likeness (QED) is 0.137. The topological polar surface area (TPSA) is 56.4 Å². The van der Waals surface area contributed by atoms with Crippen LogP contribution < -0.4 is 0 Å². The first-order valence-corrected chi connectivity index (χ1v) is 35.1. The molecule has 0 unspecified atom stereocenters. The number of hydrogen-bond acceptors (Lipinski definition) is 2. The van der Waals surface area contributed by atoms with E-state index in [2.05, 4.69) is 369 Å². The van der Waals surface area contributed by atoms with Crippen LogP contribution in [0.3, 0.4) is 0 Å². The second-order valence-electron chi connectivity index (χ2n) is 27.8. The van der Waals surface area contributed by atoms with Gasteiger partial charge < -0.3 is 18.3 Å². The van der Waals surface area contributed by atoms with Gasteiger partial charge in [-0.3, -0.25) is 0 Å². The smallest absolute Gasteiger partial charge is 0.101 e. The lowest BCUT2D eigenvalue weighted by molar-refractivity contribution is 1.17. The van der Waals surface area contributed by atoms with E-state index in [1.807, 2.05) is 0 Å². The van der Waals surface area contributed by atoms with E-state index in [4.69, 9.17) is 4.98 Å². The highest BCUT2D eigenvalue weighted by molar-refractivity contribution is 6.16. The maximum Gasteiger partial charge on any atom is 0.101 e. The van der Waals surface area contributed by atoms with Crippen LogP contribution in [0.4, 0.5) is 0 Å². The van der Waals surface area contributed by atoms with Crippen LogP contribution in [0.2, 0.25) is 0 Å². The number of nitriles is 1. The molecule has 0 aliphatic carbocycles. The predicted octanol–water partition coefficient (Wildman–Crippen LogP) is 25.2. The maximum absolute atomic E-state index is 13.0. The normalized spacial score (nSPS) is 11.8. The van der Waals surface area contributed by atoms with E-state index in [-0.39, 0.29) is 0 Å². The third kappa shape index (κ3) is 9.50. The van der Waals surface area contributed by atoms with Crippen LogP contribution >= 0.6 is 0 Å². The van der Waals surface area contributed by atoms with E-state index in [0.29, 0.717) is 5.56 Å². The third-order valence-corrected chi connectivity index (χ3v) is 21.1. The lowest BCUT2D eigenvalue weighted by Crippen LogP contribution is -2.08. The number of rotatable bonds is 10. The largest absolute Gasteiger partial charge is 0.309 e. The molecule has 0 saturated carbocycles. The number of fused-ring (bicyclic) bond motifs is 12. The Kier molecular flexibility index (Phi) is 13.9. The number of para-hydroxylation sites is 2. The number of hydrogen-bond donors (Lipinski definition) is 0. The molecule has 5 aromatic heterocycles. The fourth-order valence-corrected chi connectivity index (χ4v) is 16.5. The second-order valence-corrected chi connectivity index (χ2v) is 27.8. The monoisotopic (exact) mass is 1300 g/mol. The van der Waals surface area contributed by atoms with Crippen molar-refractivity contribution in [3.8, 4) is 95.8 Å². The van der Waals surface area contributed by atoms with Crippen LogP contribution in [0.25, 0.3) is 177 Å². The minimum Gasteiger partial charge on any atom is -0.309 e. The van der Waals surface area contributed by atoms with Crippen LogP contribution in [-0.2, 0) is 0 Å². The highest BCUT2D eigenvalue weighted by atomic mass is 15.0. The van der Waals surface area contributed by atoms with Gasteiger partial charge in [-0.05, 0) is 192 Å². The van der Waals surface area contributed by atoms with Gasteiger partial charge in [0, 0.05) is 99.1 Å². The fraction of sp³-hybridized carbons (Fsp3) is 0.0625. The number of pyridine rings is 1. The summed E-state index contributed by atoms with van der Waals surface area (Å²) in [4.78, 5) is 5.81. The zero-order valence-corrected chi connectivity index (χ0v) is 57.6. The Morgan fingerprint density at radius 3 is 0.951 bits per heavy atom. The minimum atomic E-state index is 0.537. The molecular weight excluding hydrogens is 1240 g/mol. The van der Waals surface area contributed by atoms with Crippen molar-refractivity contribution in [2.24, 2.45) is 0 Å². The van der Waals surface area contributed by atoms with Gasteiger partial charge in [0.15, 0.2) is 0 Å². The van der Waals surface area contributed by atoms with Gasteiger partial charge in [-0.2, -0.15) is 5.26 Å². The van der Waals surface area contributed by atoms with E-state index in [9.17, 15) is 5.26 Å². The van der Waals surface area contributed by atoms with Crippen LogP contribution in [0.15, 0.2) is 303 Å². The summed E-state index contributed by atoms with van der Waals surface area (Å²) in [5.74, 6) is 0. The Balaban J connectivity index is 0.976. The lowest BCUT2D eigenvalue weighted by atomic mass is 9.78. The molecule has 0 amide bonds. The third-order valence-electron chi connectivity index (χ3n) is 21.1. The van der Waals surface area contributed by atoms with Crippen molar-refractivity contribution in [2.45, 2.75) is 41.5 Å². The summed E-state index contributed by atoms with van der Waals surface area (Å²) in [5, 5.41) is 22.5. The molecule has 102 heavy (non-hydrogen) atoms. The molecule has 0 bridgehead atoms. The van der Waals surface area contributed by atoms with Crippen LogP contribution in [0.5, 0.6) is 0 Å². The van der Waals surface area contributed by atoms with Gasteiger partial charge in [0.25, 0.3) is 0 Å². The highest BCUT2D eigenvalue weighted by Gasteiger charge is 2.33. The molecule has 6 nitrogen and oxygen atoms in total. The molecule has 5 heterocycles. The number of benzene rings is 14. The van der Waals surface area contributed by atoms with E-state index in [0.717, 1.165) is 145 Å². The minimum absolute atomic E-state index is 0.537. The van der Waals surface area contributed by atoms with Crippen molar-refractivity contribution in [3.63, 3.8) is 0 Å². The van der Waals surface area contributed by atoms with E-state index in [1.54, 1.807) is 0 Å². The zero-order valence-electron chi connectivity index (χ0n) is 57.6. The summed E-state index contributed by atoms with van der Waals surface area (Å²) >= 11 is 0. The Hall–Kier alpha value is -13.1. The SMILES string of the molecule is Cc1ccc2c(c1)c1cc(C)ccc1n2-c1ccc(-c2c(C#N)c(-c3ccc(-n4c5ccc(C)cc5c5cc(C)ccc54)cc3)c(-n3c4ccccc4c4ccccc43)c(-c3ccc(-n4c5ccc(C)cc5c5cc(C)ccc54)cc3)c2-c2ccc(-c3ccccc3)nc2-c2ccccc2)cc1. The molecule has 14 aromatic carbocycles. The van der Waals surface area contributed by atoms with Gasteiger partial charge in [-0.1, -0.05) is 203 Å². The number of nitrogens with zero attached hydrogens (tertiary/aromatic N) is 6. The van der Waals surface area contributed by atoms with Crippen LogP contribution in [-0.4, -0.2) is 23.3 Å². The van der Waals surface area contributed by atoms with Gasteiger partial charge in [0.1, 0.15) is 6.07 Å². The van der Waals surface area contributed by atoms with E-state index in [1.165, 1.54) is 65.7 Å². The van der Waals surface area contributed by atoms with Crippen molar-refractivity contribution < 1.29 is 0 Å². The molecule has 0 radical (unpaired) electrons. The summed E-state index contributed by atoms with van der Waals surface area (Å²) in [5.41, 5.74) is 31.3. The number of aryl methyl sites for hydroxylation is 6. The first-order valence-electron chi connectivity index (χ1n) is 35.1. The average Bonchev–Trinajstić information content (AvgIpc) is 1.68. The van der Waals surface area contributed by atoms with Gasteiger partial charge >= 0.3 is 0 Å². The molecule has 19 rings (SSSR count). The molecule has 0 N–H and O–H groups in total. The standard InChI is InChI=1S/C96H68N6/c1-58-25-45-85-75(51-58)76-52-59(2)26-46-86(76)99(85)69-37-31-65(32-38-69)91-81(57-97)92(66-33-39-70(40-34-66)100-87-47-27-60(3)53-77(87)78-54-61(4)28-48-88(78)100)96(102-83-23-15-13-21-72(83)73-22-14-16-24-84(73)102)93(94(91)74-43-44-82(64-17-9-7-10-18-64)98-95(74)68-19-11-8-12-20-68)67-35-41-71(42-36-67)101-89-49-29-62(5)55-79(89)80-56-63(6)30-50-90(80)101/h7-56H,1-6H3. The first-order chi connectivity index (χ1) is 50.0. The average molecular weight is 1310 g/mol. The Morgan fingerprint density at radius 2 is 0.578 bits per heavy atom. The zero-order chi connectivity index (χ0) is 68.6. The van der Waals surface area contributed by atoms with Gasteiger partial charge in [-0.15, -0.1) is 0 Å². The molecule has 19 aromatic rings. The van der Waals surface area contributed by atoms with E-state index < -0.39 is 0 Å². The first kappa shape index (κ1) is 60.1. The fourth-order valence-electron chi connectivity index (χ4n) is 16.5. The molecule has 0 aliphatic rings. The summed E-state index contributed by atoms with van der Waals surface area (Å²) in [6.07, 6.45) is 0. The predicted molar refractivity (Wildman–Crippen MR) is 427 cm³/mol. The molecule has 6 heteroatoms. The summed E-state index contributed by atoms with van der Waals surface area (Å²) < 4.78 is 9.66. The summed E-state index contributed by atoms with van der Waals surface area (Å²) in [6.45, 7) is 13.0. The lowest BCUT2D eigenvalue weighted by Gasteiger charge is -2.28. The van der Waals surface area contributed by atoms with Crippen molar-refractivity contribution in [3.05, 3.63) is 342 Å². The Bertz CT molecular complexity index is 6480. The molecule has 0 fully saturated rings. The highest BCUT2D eigenvalue weighted by Crippen LogP contribution is 2.55. The summed E-state index contributed by atoms with van der Waals surface area (Å²) in [7, 11) is 0. The molecule has 482 valence electrons. The van der Waals surface area contributed by atoms with Crippen molar-refractivity contribution >= 4 is 87.2 Å².